The first-order chi connectivity index (χ1) is 22.5. The normalized spacial score (nSPS) is 15.2. The lowest BCUT2D eigenvalue weighted by atomic mass is 10.1. The van der Waals surface area contributed by atoms with Gasteiger partial charge in [0.15, 0.2) is 5.78 Å². The van der Waals surface area contributed by atoms with E-state index in [0.717, 1.165) is 12.8 Å². The molecule has 4 aromatic carbocycles. The highest BCUT2D eigenvalue weighted by Crippen LogP contribution is 2.53. The van der Waals surface area contributed by atoms with Crippen LogP contribution in [-0.2, 0) is 9.36 Å². The summed E-state index contributed by atoms with van der Waals surface area (Å²) in [5.74, 6) is 0.0106. The van der Waals surface area contributed by atoms with E-state index in [-0.39, 0.29) is 5.91 Å². The minimum absolute atomic E-state index is 0.312. The number of para-hydroxylation sites is 4. The third kappa shape index (κ3) is 8.56. The summed E-state index contributed by atoms with van der Waals surface area (Å²) in [6.07, 6.45) is 3.65. The molecule has 1 heterocycles. The average Bonchev–Trinajstić information content (AvgIpc) is 3.58. The summed E-state index contributed by atoms with van der Waals surface area (Å²) in [6.45, 7) is 0.931. The second kappa shape index (κ2) is 16.1. The van der Waals surface area contributed by atoms with Crippen LogP contribution in [0.1, 0.15) is 48.9 Å². The average molecular weight is 642 g/mol. The third-order valence-electron chi connectivity index (χ3n) is 7.73. The minimum Gasteiger partial charge on any atom is -0.457 e. The summed E-state index contributed by atoms with van der Waals surface area (Å²) in [5, 5.41) is 3.00. The van der Waals surface area contributed by atoms with Gasteiger partial charge in [-0.2, -0.15) is 0 Å². The van der Waals surface area contributed by atoms with Gasteiger partial charge in [0.05, 0.1) is 5.56 Å². The van der Waals surface area contributed by atoms with E-state index in [0.29, 0.717) is 67.3 Å². The van der Waals surface area contributed by atoms with Crippen LogP contribution in [0.25, 0.3) is 0 Å². The smallest absolute Gasteiger partial charge is 0.452 e. The van der Waals surface area contributed by atoms with Gasteiger partial charge in [0.1, 0.15) is 29.0 Å². The fourth-order valence-corrected chi connectivity index (χ4v) is 7.32. The Hall–Kier alpha value is -4.59. The van der Waals surface area contributed by atoms with Gasteiger partial charge < -0.3 is 29.7 Å². The number of ether oxygens (including phenoxy) is 1. The molecule has 0 aliphatic carbocycles. The Balaban J connectivity index is 1.39. The van der Waals surface area contributed by atoms with Crippen molar-refractivity contribution < 1.29 is 27.9 Å². The van der Waals surface area contributed by atoms with E-state index < -0.39 is 25.3 Å². The van der Waals surface area contributed by atoms with Crippen LogP contribution in [0.2, 0.25) is 0 Å². The van der Waals surface area contributed by atoms with Crippen molar-refractivity contribution in [1.29, 1.82) is 0 Å². The fraction of sp³-hybridized carbons (Fsp3) is 0.278. The number of carbonyl (C=O) groups is 2. The first-order valence-corrected chi connectivity index (χ1v) is 17.3. The van der Waals surface area contributed by atoms with Gasteiger partial charge >= 0.3 is 7.60 Å². The number of carbonyl (C=O) groups excluding carboxylic acids is 2. The molecule has 1 aliphatic rings. The monoisotopic (exact) mass is 641 g/mol. The number of likely N-dealkylation sites (tertiary alicyclic amines) is 1. The summed E-state index contributed by atoms with van der Waals surface area (Å²) in [5.41, 5.74) is 6.08. The number of amides is 2. The molecule has 9 nitrogen and oxygen atoms in total. The Labute approximate surface area is 270 Å². The van der Waals surface area contributed by atoms with Crippen molar-refractivity contribution in [3.05, 3.63) is 121 Å². The van der Waals surface area contributed by atoms with Crippen LogP contribution in [0, 0.1) is 0 Å². The first-order valence-electron chi connectivity index (χ1n) is 15.7. The number of benzene rings is 4. The molecule has 10 heteroatoms. The molecular formula is C36H40N3O6P. The number of nitrogens with zero attached hydrogens (tertiary/aromatic N) is 1. The molecule has 2 unspecified atom stereocenters. The van der Waals surface area contributed by atoms with Crippen molar-refractivity contribution in [3.8, 4) is 23.0 Å². The zero-order valence-corrected chi connectivity index (χ0v) is 26.6. The lowest BCUT2D eigenvalue weighted by Crippen LogP contribution is -2.49. The zero-order valence-electron chi connectivity index (χ0n) is 25.7. The van der Waals surface area contributed by atoms with E-state index in [2.05, 4.69) is 5.32 Å². The van der Waals surface area contributed by atoms with Crippen LogP contribution in [-0.4, -0.2) is 41.6 Å². The first kappa shape index (κ1) is 32.8. The van der Waals surface area contributed by atoms with Gasteiger partial charge in [0.2, 0.25) is 5.91 Å². The summed E-state index contributed by atoms with van der Waals surface area (Å²) in [6, 6.07) is 33.0. The molecule has 2 amide bonds. The number of nitrogens with one attached hydrogen (secondary N) is 1. The van der Waals surface area contributed by atoms with E-state index in [1.165, 1.54) is 0 Å². The predicted molar refractivity (Wildman–Crippen MR) is 178 cm³/mol. The van der Waals surface area contributed by atoms with Gasteiger partial charge in [-0.05, 0) is 80.8 Å². The molecule has 4 aromatic rings. The number of nitrogens with two attached hydrogens (primary N) is 1. The van der Waals surface area contributed by atoms with Crippen LogP contribution in [0.4, 0.5) is 0 Å². The number of unbranched alkanes of at least 4 members (excludes halogenated alkanes) is 2. The molecule has 0 aromatic heterocycles. The highest BCUT2D eigenvalue weighted by molar-refractivity contribution is 7.55. The quantitative estimate of drug-likeness (QED) is 0.103. The van der Waals surface area contributed by atoms with E-state index in [9.17, 15) is 14.2 Å². The molecule has 0 spiro atoms. The minimum atomic E-state index is -4.05. The van der Waals surface area contributed by atoms with Crippen LogP contribution in [0.3, 0.4) is 0 Å². The Bertz CT molecular complexity index is 1560. The SMILES string of the molecule is NCCCCCC(NC(=O)C1CCCN1C(=O)c1ccccc1Oc1ccccc1)P(=O)(Oc1ccccc1)Oc1ccccc1. The fourth-order valence-electron chi connectivity index (χ4n) is 5.42. The lowest BCUT2D eigenvalue weighted by molar-refractivity contribution is -0.125. The Morgan fingerprint density at radius 2 is 1.35 bits per heavy atom. The number of hydrogen-bond donors (Lipinski definition) is 2. The number of rotatable bonds is 15. The molecule has 2 atom stereocenters. The standard InChI is InChI=1S/C36H40N3O6P/c37-26-14-4-11-25-34(46(42,44-29-18-7-2-8-19-29)45-30-20-9-3-10-21-30)38-35(40)32-23-15-27-39(32)36(41)31-22-12-13-24-33(31)43-28-16-5-1-6-17-28/h1-3,5-10,12-13,16-22,24,32,34H,4,11,14-15,23,25-27,37H2,(H,38,40). The van der Waals surface area contributed by atoms with E-state index in [1.807, 2.05) is 42.5 Å². The number of hydrogen-bond acceptors (Lipinski definition) is 7. The molecule has 1 saturated heterocycles. The van der Waals surface area contributed by atoms with Crippen LogP contribution < -0.4 is 24.8 Å². The van der Waals surface area contributed by atoms with Gasteiger partial charge in [-0.25, -0.2) is 4.57 Å². The predicted octanol–water partition coefficient (Wildman–Crippen LogP) is 7.40. The van der Waals surface area contributed by atoms with Gasteiger partial charge in [-0.15, -0.1) is 0 Å². The maximum absolute atomic E-state index is 14.7. The molecular weight excluding hydrogens is 601 g/mol. The molecule has 1 fully saturated rings. The topological polar surface area (TPSA) is 120 Å². The van der Waals surface area contributed by atoms with Crippen molar-refractivity contribution in [2.45, 2.75) is 50.3 Å². The Kier molecular flexibility index (Phi) is 11.5. The Morgan fingerprint density at radius 3 is 1.96 bits per heavy atom. The molecule has 0 bridgehead atoms. The summed E-state index contributed by atoms with van der Waals surface area (Å²) >= 11 is 0. The Morgan fingerprint density at radius 1 is 0.783 bits per heavy atom. The van der Waals surface area contributed by atoms with Crippen molar-refractivity contribution >= 4 is 19.4 Å². The summed E-state index contributed by atoms with van der Waals surface area (Å²) in [4.78, 5) is 29.5. The second-order valence-corrected chi connectivity index (χ2v) is 13.1. The van der Waals surface area contributed by atoms with Crippen LogP contribution >= 0.6 is 7.60 Å². The van der Waals surface area contributed by atoms with Gasteiger partial charge in [-0.1, -0.05) is 79.6 Å². The molecule has 0 radical (unpaired) electrons. The highest BCUT2D eigenvalue weighted by Gasteiger charge is 2.43. The van der Waals surface area contributed by atoms with Gasteiger partial charge in [-0.3, -0.25) is 9.59 Å². The molecule has 1 aliphatic heterocycles. The molecule has 46 heavy (non-hydrogen) atoms. The van der Waals surface area contributed by atoms with E-state index in [4.69, 9.17) is 19.5 Å². The summed E-state index contributed by atoms with van der Waals surface area (Å²) < 4.78 is 33.0. The highest BCUT2D eigenvalue weighted by atomic mass is 31.2. The third-order valence-corrected chi connectivity index (χ3v) is 9.81. The van der Waals surface area contributed by atoms with Crippen molar-refractivity contribution in [3.63, 3.8) is 0 Å². The molecule has 0 saturated carbocycles. The largest absolute Gasteiger partial charge is 0.457 e. The molecule has 240 valence electrons. The second-order valence-electron chi connectivity index (χ2n) is 11.1. The lowest BCUT2D eigenvalue weighted by Gasteiger charge is -2.31. The van der Waals surface area contributed by atoms with E-state index >= 15 is 0 Å². The molecule has 3 N–H and O–H groups in total. The van der Waals surface area contributed by atoms with Crippen molar-refractivity contribution in [1.82, 2.24) is 10.2 Å². The van der Waals surface area contributed by atoms with Crippen LogP contribution in [0.5, 0.6) is 23.0 Å². The van der Waals surface area contributed by atoms with Crippen molar-refractivity contribution in [2.24, 2.45) is 5.73 Å². The van der Waals surface area contributed by atoms with Gasteiger partial charge in [0, 0.05) is 6.54 Å². The van der Waals surface area contributed by atoms with Crippen LogP contribution in [0.15, 0.2) is 115 Å². The maximum atomic E-state index is 14.7. The van der Waals surface area contributed by atoms with Gasteiger partial charge in [0.25, 0.3) is 5.91 Å². The summed E-state index contributed by atoms with van der Waals surface area (Å²) in [7, 11) is -4.05. The zero-order chi connectivity index (χ0) is 32.2. The maximum Gasteiger partial charge on any atom is 0.452 e. The molecule has 5 rings (SSSR count). The van der Waals surface area contributed by atoms with E-state index in [1.54, 1.807) is 77.7 Å². The van der Waals surface area contributed by atoms with Crippen molar-refractivity contribution in [2.75, 3.05) is 13.1 Å².